The second-order valence-electron chi connectivity index (χ2n) is 6.06. The van der Waals surface area contributed by atoms with Crippen molar-refractivity contribution in [3.05, 3.63) is 48.6 Å². The molecule has 0 spiro atoms. The van der Waals surface area contributed by atoms with Gasteiger partial charge in [-0.15, -0.1) is 6.58 Å². The monoisotopic (exact) mass is 331 g/mol. The van der Waals surface area contributed by atoms with Gasteiger partial charge in [-0.25, -0.2) is 4.79 Å². The summed E-state index contributed by atoms with van der Waals surface area (Å²) in [5, 5.41) is 0. The molecule has 0 bridgehead atoms. The molecule has 1 aliphatic heterocycles. The third-order valence-electron chi connectivity index (χ3n) is 4.28. The fourth-order valence-electron chi connectivity index (χ4n) is 3.08. The highest BCUT2D eigenvalue weighted by Crippen LogP contribution is 2.35. The Morgan fingerprint density at radius 2 is 2.04 bits per heavy atom. The Bertz CT molecular complexity index is 572. The fraction of sp³-hybridized carbons (Fsp3) is 0.474. The Labute approximate surface area is 143 Å². The van der Waals surface area contributed by atoms with Crippen molar-refractivity contribution in [3.63, 3.8) is 0 Å². The van der Waals surface area contributed by atoms with E-state index in [1.165, 1.54) is 0 Å². The molecule has 130 valence electrons. The number of nitrogens with zero attached hydrogens (tertiary/aromatic N) is 1. The molecule has 0 N–H and O–H groups in total. The van der Waals surface area contributed by atoms with E-state index in [9.17, 15) is 9.59 Å². The molecule has 0 unspecified atom stereocenters. The number of carbonyl (C=O) groups excluding carboxylic acids is 2. The van der Waals surface area contributed by atoms with Crippen molar-refractivity contribution in [2.75, 3.05) is 19.7 Å². The lowest BCUT2D eigenvalue weighted by Crippen LogP contribution is -2.50. The smallest absolute Gasteiger partial charge is 0.410 e. The Balaban J connectivity index is 2.00. The Morgan fingerprint density at radius 1 is 1.29 bits per heavy atom. The maximum absolute atomic E-state index is 12.4. The summed E-state index contributed by atoms with van der Waals surface area (Å²) in [7, 11) is 0. The van der Waals surface area contributed by atoms with Crippen LogP contribution in [-0.2, 0) is 20.9 Å². The second-order valence-corrected chi connectivity index (χ2v) is 6.06. The molecule has 1 amide bonds. The van der Waals surface area contributed by atoms with E-state index in [4.69, 9.17) is 9.47 Å². The van der Waals surface area contributed by atoms with Gasteiger partial charge in [0.2, 0.25) is 0 Å². The molecule has 24 heavy (non-hydrogen) atoms. The van der Waals surface area contributed by atoms with Crippen molar-refractivity contribution < 1.29 is 19.1 Å². The van der Waals surface area contributed by atoms with Gasteiger partial charge < -0.3 is 14.4 Å². The van der Waals surface area contributed by atoms with E-state index in [1.807, 2.05) is 30.3 Å². The van der Waals surface area contributed by atoms with Crippen LogP contribution in [0.5, 0.6) is 0 Å². The normalized spacial score (nSPS) is 20.3. The molecule has 0 aromatic heterocycles. The van der Waals surface area contributed by atoms with Crippen molar-refractivity contribution in [1.29, 1.82) is 0 Å². The zero-order valence-corrected chi connectivity index (χ0v) is 14.2. The third-order valence-corrected chi connectivity index (χ3v) is 4.28. The molecule has 0 radical (unpaired) electrons. The molecular weight excluding hydrogens is 306 g/mol. The standard InChI is InChI=1S/C19H25NO4/c1-3-11-19(17(21)23-4-2)12-8-13-20(15-19)18(22)24-14-16-9-6-5-7-10-16/h3,5-7,9-10H,1,4,8,11-15H2,2H3/t19-/m1/s1. The summed E-state index contributed by atoms with van der Waals surface area (Å²) in [6.07, 6.45) is 3.26. The van der Waals surface area contributed by atoms with Crippen LogP contribution in [0.25, 0.3) is 0 Å². The summed E-state index contributed by atoms with van der Waals surface area (Å²) in [4.78, 5) is 26.4. The molecule has 5 heteroatoms. The fourth-order valence-corrected chi connectivity index (χ4v) is 3.08. The molecule has 0 saturated carbocycles. The quantitative estimate of drug-likeness (QED) is 0.591. The topological polar surface area (TPSA) is 55.8 Å². The number of rotatable bonds is 6. The lowest BCUT2D eigenvalue weighted by Gasteiger charge is -2.39. The molecule has 1 aromatic rings. The van der Waals surface area contributed by atoms with Crippen molar-refractivity contribution in [1.82, 2.24) is 4.90 Å². The minimum atomic E-state index is -0.707. The Hall–Kier alpha value is -2.30. The molecule has 1 heterocycles. The van der Waals surface area contributed by atoms with Crippen LogP contribution in [0.4, 0.5) is 4.79 Å². The van der Waals surface area contributed by atoms with Crippen LogP contribution in [0.15, 0.2) is 43.0 Å². The van der Waals surface area contributed by atoms with Gasteiger partial charge in [0, 0.05) is 13.1 Å². The van der Waals surface area contributed by atoms with E-state index < -0.39 is 11.5 Å². The predicted octanol–water partition coefficient (Wildman–Crippen LogP) is 3.54. The summed E-state index contributed by atoms with van der Waals surface area (Å²) in [6.45, 7) is 6.99. The summed E-state index contributed by atoms with van der Waals surface area (Å²) >= 11 is 0. The zero-order chi connectivity index (χ0) is 17.4. The summed E-state index contributed by atoms with van der Waals surface area (Å²) in [6, 6.07) is 9.53. The maximum Gasteiger partial charge on any atom is 0.410 e. The molecule has 2 rings (SSSR count). The van der Waals surface area contributed by atoms with Crippen LogP contribution in [-0.4, -0.2) is 36.7 Å². The van der Waals surface area contributed by atoms with Gasteiger partial charge in [0.05, 0.1) is 12.0 Å². The van der Waals surface area contributed by atoms with Crippen LogP contribution < -0.4 is 0 Å². The van der Waals surface area contributed by atoms with Gasteiger partial charge in [-0.3, -0.25) is 4.79 Å². The number of piperidine rings is 1. The molecule has 5 nitrogen and oxygen atoms in total. The van der Waals surface area contributed by atoms with E-state index in [0.29, 0.717) is 32.5 Å². The van der Waals surface area contributed by atoms with E-state index in [0.717, 1.165) is 12.0 Å². The van der Waals surface area contributed by atoms with Crippen LogP contribution in [0.3, 0.4) is 0 Å². The first-order chi connectivity index (χ1) is 11.6. The number of benzene rings is 1. The molecular formula is C19H25NO4. The van der Waals surface area contributed by atoms with E-state index in [1.54, 1.807) is 17.9 Å². The Kier molecular flexibility index (Phi) is 6.41. The highest BCUT2D eigenvalue weighted by molar-refractivity contribution is 5.79. The lowest BCUT2D eigenvalue weighted by molar-refractivity contribution is -0.158. The van der Waals surface area contributed by atoms with Crippen LogP contribution in [0, 0.1) is 5.41 Å². The van der Waals surface area contributed by atoms with Crippen LogP contribution in [0.1, 0.15) is 31.7 Å². The van der Waals surface area contributed by atoms with Gasteiger partial charge >= 0.3 is 12.1 Å². The average molecular weight is 331 g/mol. The SMILES string of the molecule is C=CC[C@@]1(C(=O)OCC)CCCN(C(=O)OCc2ccccc2)C1. The minimum absolute atomic E-state index is 0.226. The van der Waals surface area contributed by atoms with Gasteiger partial charge in [-0.1, -0.05) is 36.4 Å². The number of hydrogen-bond donors (Lipinski definition) is 0. The number of carbonyl (C=O) groups is 2. The molecule has 1 aliphatic rings. The van der Waals surface area contributed by atoms with Crippen molar-refractivity contribution in [3.8, 4) is 0 Å². The first kappa shape index (κ1) is 18.0. The van der Waals surface area contributed by atoms with Gasteiger partial charge in [0.25, 0.3) is 0 Å². The van der Waals surface area contributed by atoms with E-state index in [-0.39, 0.29) is 12.6 Å². The molecule has 1 aromatic carbocycles. The van der Waals surface area contributed by atoms with E-state index >= 15 is 0 Å². The predicted molar refractivity (Wildman–Crippen MR) is 91.3 cm³/mol. The van der Waals surface area contributed by atoms with Crippen LogP contribution in [0.2, 0.25) is 0 Å². The molecule has 0 aliphatic carbocycles. The summed E-state index contributed by atoms with van der Waals surface area (Å²) < 4.78 is 10.6. The molecule has 1 saturated heterocycles. The summed E-state index contributed by atoms with van der Waals surface area (Å²) in [5.41, 5.74) is 0.229. The molecule has 1 fully saturated rings. The first-order valence-corrected chi connectivity index (χ1v) is 8.35. The number of amides is 1. The first-order valence-electron chi connectivity index (χ1n) is 8.35. The number of hydrogen-bond acceptors (Lipinski definition) is 4. The number of esters is 1. The molecule has 1 atom stereocenters. The highest BCUT2D eigenvalue weighted by Gasteiger charge is 2.44. The minimum Gasteiger partial charge on any atom is -0.466 e. The van der Waals surface area contributed by atoms with Gasteiger partial charge in [-0.2, -0.15) is 0 Å². The van der Waals surface area contributed by atoms with Gasteiger partial charge in [-0.05, 0) is 31.7 Å². The van der Waals surface area contributed by atoms with Crippen LogP contribution >= 0.6 is 0 Å². The third kappa shape index (κ3) is 4.37. The average Bonchev–Trinajstić information content (AvgIpc) is 2.61. The van der Waals surface area contributed by atoms with E-state index in [2.05, 4.69) is 6.58 Å². The maximum atomic E-state index is 12.4. The summed E-state index contributed by atoms with van der Waals surface area (Å²) in [5.74, 6) is -0.259. The van der Waals surface area contributed by atoms with Crippen molar-refractivity contribution in [2.24, 2.45) is 5.41 Å². The number of ether oxygens (including phenoxy) is 2. The van der Waals surface area contributed by atoms with Gasteiger partial charge in [0.1, 0.15) is 6.61 Å². The van der Waals surface area contributed by atoms with Crippen molar-refractivity contribution >= 4 is 12.1 Å². The zero-order valence-electron chi connectivity index (χ0n) is 14.2. The van der Waals surface area contributed by atoms with Crippen molar-refractivity contribution in [2.45, 2.75) is 32.8 Å². The van der Waals surface area contributed by atoms with Gasteiger partial charge in [0.15, 0.2) is 0 Å². The highest BCUT2D eigenvalue weighted by atomic mass is 16.6. The Morgan fingerprint density at radius 3 is 2.71 bits per heavy atom. The largest absolute Gasteiger partial charge is 0.466 e. The second kappa shape index (κ2) is 8.52. The number of likely N-dealkylation sites (tertiary alicyclic amines) is 1. The number of allylic oxidation sites excluding steroid dienone is 1. The lowest BCUT2D eigenvalue weighted by atomic mass is 9.77.